The van der Waals surface area contributed by atoms with Gasteiger partial charge in [-0.05, 0) is 18.6 Å². The average molecular weight is 349 g/mol. The predicted molar refractivity (Wildman–Crippen MR) is 91.3 cm³/mol. The van der Waals surface area contributed by atoms with Crippen molar-refractivity contribution in [1.82, 2.24) is 4.90 Å². The third kappa shape index (κ3) is 4.30. The van der Waals surface area contributed by atoms with E-state index in [1.54, 1.807) is 23.1 Å². The summed E-state index contributed by atoms with van der Waals surface area (Å²) < 4.78 is 16.1. The third-order valence-corrected chi connectivity index (χ3v) is 4.07. The summed E-state index contributed by atoms with van der Waals surface area (Å²) in [5.41, 5.74) is 1.20. The second-order valence-corrected chi connectivity index (χ2v) is 5.69. The minimum absolute atomic E-state index is 0.154. The van der Waals surface area contributed by atoms with Crippen LogP contribution in [0, 0.1) is 0 Å². The Morgan fingerprint density at radius 2 is 2.16 bits per heavy atom. The molecule has 0 spiro atoms. The molecule has 136 valence electrons. The molecule has 1 saturated heterocycles. The van der Waals surface area contributed by atoms with Crippen molar-refractivity contribution in [3.05, 3.63) is 35.9 Å². The summed E-state index contributed by atoms with van der Waals surface area (Å²) in [6, 6.07) is 2.86. The number of benzene rings is 1. The molecule has 25 heavy (non-hydrogen) atoms. The number of nitrogens with zero attached hydrogens (tertiary/aromatic N) is 1. The molecule has 0 bridgehead atoms. The lowest BCUT2D eigenvalue weighted by molar-refractivity contribution is -0.139. The van der Waals surface area contributed by atoms with Crippen molar-refractivity contribution in [2.75, 3.05) is 34.0 Å². The Hall–Kier alpha value is -2.54. The van der Waals surface area contributed by atoms with Crippen LogP contribution in [0.15, 0.2) is 24.8 Å². The summed E-state index contributed by atoms with van der Waals surface area (Å²) in [7, 11) is 3.04. The summed E-state index contributed by atoms with van der Waals surface area (Å²) in [5.74, 6) is -0.204. The van der Waals surface area contributed by atoms with E-state index in [0.29, 0.717) is 36.6 Å². The van der Waals surface area contributed by atoms with Gasteiger partial charge in [-0.3, -0.25) is 9.59 Å². The highest BCUT2D eigenvalue weighted by atomic mass is 16.5. The number of carbonyl (C=O) groups is 2. The Bertz CT molecular complexity index is 657. The van der Waals surface area contributed by atoms with Gasteiger partial charge in [-0.1, -0.05) is 6.08 Å². The first-order valence-corrected chi connectivity index (χ1v) is 7.98. The summed E-state index contributed by atoms with van der Waals surface area (Å²) in [5, 5.41) is 9.06. The lowest BCUT2D eigenvalue weighted by Crippen LogP contribution is -2.49. The Labute approximate surface area is 146 Å². The molecule has 0 saturated carbocycles. The number of amides is 1. The zero-order valence-corrected chi connectivity index (χ0v) is 14.5. The van der Waals surface area contributed by atoms with Crippen molar-refractivity contribution in [2.45, 2.75) is 18.9 Å². The number of rotatable bonds is 7. The molecule has 1 aromatic carbocycles. The number of carbonyl (C=O) groups excluding carboxylic acids is 1. The third-order valence-electron chi connectivity index (χ3n) is 4.07. The maximum atomic E-state index is 13.0. The summed E-state index contributed by atoms with van der Waals surface area (Å²) in [6.07, 6.45) is 2.08. The van der Waals surface area contributed by atoms with Crippen molar-refractivity contribution in [3.63, 3.8) is 0 Å². The Kier molecular flexibility index (Phi) is 6.41. The second-order valence-electron chi connectivity index (χ2n) is 5.69. The van der Waals surface area contributed by atoms with Crippen molar-refractivity contribution in [3.8, 4) is 11.5 Å². The standard InChI is InChI=1S/C18H23NO6/c1-4-5-12-8-13(9-15(23-2)17(12)24-3)18(22)19-6-7-25-11-14(19)10-16(20)21/h4,8-9,14H,1,5-7,10-11H2,2-3H3,(H,20,21). The molecule has 1 N–H and O–H groups in total. The van der Waals surface area contributed by atoms with Crippen molar-refractivity contribution >= 4 is 11.9 Å². The van der Waals surface area contributed by atoms with Crippen LogP contribution in [0.1, 0.15) is 22.3 Å². The van der Waals surface area contributed by atoms with Gasteiger partial charge in [0.25, 0.3) is 5.91 Å². The van der Waals surface area contributed by atoms with Gasteiger partial charge in [0.05, 0.1) is 39.9 Å². The highest BCUT2D eigenvalue weighted by Crippen LogP contribution is 2.34. The molecule has 1 aromatic rings. The molecule has 1 amide bonds. The van der Waals surface area contributed by atoms with Crippen LogP contribution in [0.4, 0.5) is 0 Å². The van der Waals surface area contributed by atoms with E-state index in [9.17, 15) is 9.59 Å². The van der Waals surface area contributed by atoms with Crippen LogP contribution in [0.25, 0.3) is 0 Å². The van der Waals surface area contributed by atoms with E-state index in [1.165, 1.54) is 14.2 Å². The molecule has 0 aliphatic carbocycles. The predicted octanol–water partition coefficient (Wildman–Crippen LogP) is 1.75. The molecule has 2 rings (SSSR count). The number of hydrogen-bond donors (Lipinski definition) is 1. The van der Waals surface area contributed by atoms with Gasteiger partial charge in [0.1, 0.15) is 0 Å². The van der Waals surface area contributed by atoms with E-state index in [-0.39, 0.29) is 18.9 Å². The average Bonchev–Trinajstić information content (AvgIpc) is 2.60. The van der Waals surface area contributed by atoms with Crippen LogP contribution in [0.3, 0.4) is 0 Å². The van der Waals surface area contributed by atoms with Crippen molar-refractivity contribution in [1.29, 1.82) is 0 Å². The van der Waals surface area contributed by atoms with E-state index >= 15 is 0 Å². The van der Waals surface area contributed by atoms with E-state index in [1.807, 2.05) is 0 Å². The van der Waals surface area contributed by atoms with Crippen LogP contribution in [0.2, 0.25) is 0 Å². The number of morpholine rings is 1. The number of carboxylic acid groups (broad SMARTS) is 1. The molecule has 1 unspecified atom stereocenters. The SMILES string of the molecule is C=CCc1cc(C(=O)N2CCOCC2CC(=O)O)cc(OC)c1OC. The Morgan fingerprint density at radius 1 is 1.40 bits per heavy atom. The lowest BCUT2D eigenvalue weighted by Gasteiger charge is -2.35. The summed E-state index contributed by atoms with van der Waals surface area (Å²) in [6.45, 7) is 4.67. The van der Waals surface area contributed by atoms with Gasteiger partial charge in [0.2, 0.25) is 0 Å². The van der Waals surface area contributed by atoms with Gasteiger partial charge in [-0.15, -0.1) is 6.58 Å². The van der Waals surface area contributed by atoms with Gasteiger partial charge >= 0.3 is 5.97 Å². The fourth-order valence-electron chi connectivity index (χ4n) is 2.93. The zero-order valence-electron chi connectivity index (χ0n) is 14.5. The molecule has 0 aromatic heterocycles. The quantitative estimate of drug-likeness (QED) is 0.755. The topological polar surface area (TPSA) is 85.3 Å². The number of ether oxygens (including phenoxy) is 3. The molecule has 7 heteroatoms. The van der Waals surface area contributed by atoms with E-state index in [4.69, 9.17) is 19.3 Å². The summed E-state index contributed by atoms with van der Waals surface area (Å²) >= 11 is 0. The number of allylic oxidation sites excluding steroid dienone is 1. The maximum absolute atomic E-state index is 13.0. The number of aliphatic carboxylic acids is 1. The van der Waals surface area contributed by atoms with E-state index < -0.39 is 12.0 Å². The largest absolute Gasteiger partial charge is 0.493 e. The van der Waals surface area contributed by atoms with Gasteiger partial charge in [0.15, 0.2) is 11.5 Å². The fourth-order valence-corrected chi connectivity index (χ4v) is 2.93. The molecule has 1 aliphatic rings. The number of methoxy groups -OCH3 is 2. The summed E-state index contributed by atoms with van der Waals surface area (Å²) in [4.78, 5) is 25.6. The fraction of sp³-hybridized carbons (Fsp3) is 0.444. The first-order chi connectivity index (χ1) is 12.0. The zero-order chi connectivity index (χ0) is 18.4. The minimum Gasteiger partial charge on any atom is -0.493 e. The normalized spacial score (nSPS) is 17.0. The van der Waals surface area contributed by atoms with Gasteiger partial charge in [-0.2, -0.15) is 0 Å². The molecule has 1 fully saturated rings. The van der Waals surface area contributed by atoms with Crippen LogP contribution in [-0.2, 0) is 16.0 Å². The lowest BCUT2D eigenvalue weighted by atomic mass is 10.0. The highest BCUT2D eigenvalue weighted by Gasteiger charge is 2.30. The second kappa shape index (κ2) is 8.53. The Morgan fingerprint density at radius 3 is 2.76 bits per heavy atom. The minimum atomic E-state index is -0.965. The van der Waals surface area contributed by atoms with E-state index in [0.717, 1.165) is 5.56 Å². The van der Waals surface area contributed by atoms with Gasteiger partial charge in [0, 0.05) is 17.7 Å². The van der Waals surface area contributed by atoms with Crippen LogP contribution in [0.5, 0.6) is 11.5 Å². The molecule has 1 heterocycles. The number of hydrogen-bond acceptors (Lipinski definition) is 5. The number of carboxylic acids is 1. The molecule has 0 radical (unpaired) electrons. The molecule has 1 atom stereocenters. The smallest absolute Gasteiger partial charge is 0.305 e. The van der Waals surface area contributed by atoms with Crippen LogP contribution < -0.4 is 9.47 Å². The van der Waals surface area contributed by atoms with Crippen LogP contribution in [-0.4, -0.2) is 61.9 Å². The van der Waals surface area contributed by atoms with E-state index in [2.05, 4.69) is 6.58 Å². The van der Waals surface area contributed by atoms with Crippen LogP contribution >= 0.6 is 0 Å². The molecular formula is C18H23NO6. The molecular weight excluding hydrogens is 326 g/mol. The first kappa shape index (κ1) is 18.8. The monoisotopic (exact) mass is 349 g/mol. The first-order valence-electron chi connectivity index (χ1n) is 7.98. The highest BCUT2D eigenvalue weighted by molar-refractivity contribution is 5.96. The molecule has 7 nitrogen and oxygen atoms in total. The van der Waals surface area contributed by atoms with Gasteiger partial charge < -0.3 is 24.2 Å². The maximum Gasteiger partial charge on any atom is 0.305 e. The Balaban J connectivity index is 2.38. The van der Waals surface area contributed by atoms with Crippen molar-refractivity contribution in [2.24, 2.45) is 0 Å². The van der Waals surface area contributed by atoms with Gasteiger partial charge in [-0.25, -0.2) is 0 Å². The van der Waals surface area contributed by atoms with Crippen molar-refractivity contribution < 1.29 is 28.9 Å². The molecule has 1 aliphatic heterocycles.